The van der Waals surface area contributed by atoms with Gasteiger partial charge in [-0.25, -0.2) is 0 Å². The van der Waals surface area contributed by atoms with E-state index in [-0.39, 0.29) is 11.6 Å². The fourth-order valence-corrected chi connectivity index (χ4v) is 4.86. The van der Waals surface area contributed by atoms with Crippen LogP contribution in [0.25, 0.3) is 0 Å². The number of hydrogen-bond donors (Lipinski definition) is 2. The Morgan fingerprint density at radius 2 is 1.28 bits per heavy atom. The second-order valence-corrected chi connectivity index (χ2v) is 6.38. The Morgan fingerprint density at radius 1 is 0.833 bits per heavy atom. The zero-order valence-corrected chi connectivity index (χ0v) is 10.4. The first-order valence-corrected chi connectivity index (χ1v) is 6.78. The summed E-state index contributed by atoms with van der Waals surface area (Å²) in [6.07, 6.45) is 2.43. The van der Waals surface area contributed by atoms with Gasteiger partial charge in [-0.2, -0.15) is 0 Å². The SMILES string of the molecule is O=C1C=CC(=O)C2=C1SC(C1C(=O)NNC1=O)S2. The summed E-state index contributed by atoms with van der Waals surface area (Å²) in [4.78, 5) is 46.9. The van der Waals surface area contributed by atoms with Crippen molar-refractivity contribution in [2.45, 2.75) is 4.58 Å². The maximum absolute atomic E-state index is 11.6. The second kappa shape index (κ2) is 3.99. The van der Waals surface area contributed by atoms with Crippen molar-refractivity contribution in [2.24, 2.45) is 5.92 Å². The first-order chi connectivity index (χ1) is 8.58. The summed E-state index contributed by atoms with van der Waals surface area (Å²) in [6.45, 7) is 0. The summed E-state index contributed by atoms with van der Waals surface area (Å²) in [6, 6.07) is 0. The molecule has 0 radical (unpaired) electrons. The van der Waals surface area contributed by atoms with Gasteiger partial charge in [-0.3, -0.25) is 30.0 Å². The van der Waals surface area contributed by atoms with Crippen molar-refractivity contribution in [3.8, 4) is 0 Å². The van der Waals surface area contributed by atoms with E-state index in [1.54, 1.807) is 0 Å². The number of allylic oxidation sites excluding steroid dienone is 4. The van der Waals surface area contributed by atoms with E-state index in [0.29, 0.717) is 9.81 Å². The molecule has 0 bridgehead atoms. The van der Waals surface area contributed by atoms with E-state index in [9.17, 15) is 19.2 Å². The molecule has 1 aliphatic carbocycles. The van der Waals surface area contributed by atoms with E-state index in [1.165, 1.54) is 12.2 Å². The molecule has 18 heavy (non-hydrogen) atoms. The van der Waals surface area contributed by atoms with E-state index in [0.717, 1.165) is 23.5 Å². The molecule has 2 N–H and O–H groups in total. The molecule has 0 spiro atoms. The molecule has 0 aromatic rings. The van der Waals surface area contributed by atoms with Crippen LogP contribution >= 0.6 is 23.5 Å². The summed E-state index contributed by atoms with van der Waals surface area (Å²) < 4.78 is -0.467. The highest BCUT2D eigenvalue weighted by molar-refractivity contribution is 8.24. The Hall–Kier alpha value is -1.54. The van der Waals surface area contributed by atoms with Gasteiger partial charge in [-0.1, -0.05) is 0 Å². The highest BCUT2D eigenvalue weighted by Crippen LogP contribution is 2.51. The zero-order chi connectivity index (χ0) is 12.9. The lowest BCUT2D eigenvalue weighted by molar-refractivity contribution is -0.127. The Bertz CT molecular complexity index is 520. The van der Waals surface area contributed by atoms with Crippen molar-refractivity contribution in [1.29, 1.82) is 0 Å². The third-order valence-electron chi connectivity index (χ3n) is 2.65. The van der Waals surface area contributed by atoms with Gasteiger partial charge in [-0.05, 0) is 12.2 Å². The minimum absolute atomic E-state index is 0.247. The molecule has 6 nitrogen and oxygen atoms in total. The van der Waals surface area contributed by atoms with Crippen LogP contribution in [-0.4, -0.2) is 28.0 Å². The van der Waals surface area contributed by atoms with E-state index in [1.807, 2.05) is 0 Å². The predicted octanol–water partition coefficient (Wildman–Crippen LogP) is -0.511. The molecule has 0 aromatic carbocycles. The van der Waals surface area contributed by atoms with Crippen LogP contribution in [0.1, 0.15) is 0 Å². The lowest BCUT2D eigenvalue weighted by Crippen LogP contribution is -2.28. The average Bonchev–Trinajstić information content (AvgIpc) is 2.89. The minimum atomic E-state index is -0.883. The molecule has 3 rings (SSSR count). The lowest BCUT2D eigenvalue weighted by atomic mass is 10.2. The lowest BCUT2D eigenvalue weighted by Gasteiger charge is -2.11. The number of hydrogen-bond acceptors (Lipinski definition) is 6. The number of ketones is 2. The number of amides is 2. The molecule has 2 heterocycles. The van der Waals surface area contributed by atoms with Crippen molar-refractivity contribution in [2.75, 3.05) is 0 Å². The summed E-state index contributed by atoms with van der Waals surface area (Å²) in [7, 11) is 0. The van der Waals surface area contributed by atoms with Crippen LogP contribution in [0, 0.1) is 5.92 Å². The Morgan fingerprint density at radius 3 is 1.72 bits per heavy atom. The van der Waals surface area contributed by atoms with Crippen LogP contribution in [0.3, 0.4) is 0 Å². The maximum Gasteiger partial charge on any atom is 0.253 e. The summed E-state index contributed by atoms with van der Waals surface area (Å²) in [5.74, 6) is -2.24. The Labute approximate surface area is 110 Å². The molecule has 3 aliphatic rings. The number of rotatable bonds is 1. The van der Waals surface area contributed by atoms with Gasteiger partial charge >= 0.3 is 0 Å². The van der Waals surface area contributed by atoms with Gasteiger partial charge in [0.05, 0.1) is 14.4 Å². The topological polar surface area (TPSA) is 92.3 Å². The number of nitrogens with one attached hydrogen (secondary N) is 2. The van der Waals surface area contributed by atoms with Crippen LogP contribution in [0.5, 0.6) is 0 Å². The van der Waals surface area contributed by atoms with E-state index >= 15 is 0 Å². The molecule has 0 aromatic heterocycles. The van der Waals surface area contributed by atoms with Gasteiger partial charge in [0.25, 0.3) is 11.8 Å². The smallest absolute Gasteiger partial charge is 0.253 e. The average molecular weight is 282 g/mol. The van der Waals surface area contributed by atoms with Crippen LogP contribution in [0.4, 0.5) is 0 Å². The second-order valence-electron chi connectivity index (χ2n) is 3.78. The first-order valence-electron chi connectivity index (χ1n) is 5.02. The number of hydrazine groups is 1. The summed E-state index contributed by atoms with van der Waals surface area (Å²) >= 11 is 2.22. The van der Waals surface area contributed by atoms with Crippen LogP contribution in [0.15, 0.2) is 22.0 Å². The van der Waals surface area contributed by atoms with Crippen LogP contribution in [-0.2, 0) is 19.2 Å². The van der Waals surface area contributed by atoms with Crippen LogP contribution in [0.2, 0.25) is 0 Å². The van der Waals surface area contributed by atoms with Crippen molar-refractivity contribution < 1.29 is 19.2 Å². The molecule has 2 aliphatic heterocycles. The highest BCUT2D eigenvalue weighted by Gasteiger charge is 2.46. The van der Waals surface area contributed by atoms with Crippen molar-refractivity contribution in [3.05, 3.63) is 22.0 Å². The first kappa shape index (κ1) is 11.5. The van der Waals surface area contributed by atoms with Gasteiger partial charge in [0.2, 0.25) is 0 Å². The zero-order valence-electron chi connectivity index (χ0n) is 8.76. The fraction of sp³-hybridized carbons (Fsp3) is 0.200. The molecule has 0 unspecified atom stereocenters. The standard InChI is InChI=1S/C10H6N2O4S2/c13-3-1-2-4(14)7-6(3)17-10(18-7)5-8(15)11-12-9(5)16/h1-2,5,10H,(H,11,15)(H,12,16). The van der Waals surface area contributed by atoms with E-state index in [4.69, 9.17) is 0 Å². The number of carbonyl (C=O) groups is 4. The third kappa shape index (κ3) is 1.60. The summed E-state index contributed by atoms with van der Waals surface area (Å²) in [5.41, 5.74) is 4.46. The molecular weight excluding hydrogens is 276 g/mol. The van der Waals surface area contributed by atoms with Gasteiger partial charge in [0.15, 0.2) is 11.6 Å². The minimum Gasteiger partial charge on any atom is -0.289 e. The quantitative estimate of drug-likeness (QED) is 0.497. The van der Waals surface area contributed by atoms with Crippen molar-refractivity contribution in [3.63, 3.8) is 0 Å². The van der Waals surface area contributed by atoms with Gasteiger partial charge < -0.3 is 0 Å². The molecule has 1 saturated heterocycles. The Balaban J connectivity index is 1.86. The molecule has 1 fully saturated rings. The van der Waals surface area contributed by atoms with Gasteiger partial charge in [-0.15, -0.1) is 23.5 Å². The largest absolute Gasteiger partial charge is 0.289 e. The molecule has 92 valence electrons. The molecule has 2 amide bonds. The third-order valence-corrected chi connectivity index (χ3v) is 5.65. The molecular formula is C10H6N2O4S2. The highest BCUT2D eigenvalue weighted by atomic mass is 32.2. The molecule has 0 saturated carbocycles. The number of thioether (sulfide) groups is 2. The van der Waals surface area contributed by atoms with Gasteiger partial charge in [0.1, 0.15) is 5.92 Å². The molecule has 0 atom stereocenters. The number of carbonyl (C=O) groups excluding carboxylic acids is 4. The monoisotopic (exact) mass is 282 g/mol. The van der Waals surface area contributed by atoms with Crippen molar-refractivity contribution >= 4 is 46.9 Å². The fourth-order valence-electron chi connectivity index (χ4n) is 1.79. The normalized spacial score (nSPS) is 24.7. The molecule has 8 heteroatoms. The Kier molecular flexibility index (Phi) is 2.56. The maximum atomic E-state index is 11.6. The van der Waals surface area contributed by atoms with Crippen molar-refractivity contribution in [1.82, 2.24) is 10.9 Å². The predicted molar refractivity (Wildman–Crippen MR) is 64.9 cm³/mol. The van der Waals surface area contributed by atoms with Crippen LogP contribution < -0.4 is 10.9 Å². The van der Waals surface area contributed by atoms with E-state index < -0.39 is 22.3 Å². The summed E-state index contributed by atoms with van der Waals surface area (Å²) in [5, 5.41) is 0. The van der Waals surface area contributed by atoms with Gasteiger partial charge in [0, 0.05) is 0 Å². The van der Waals surface area contributed by atoms with E-state index in [2.05, 4.69) is 10.9 Å².